The predicted octanol–water partition coefficient (Wildman–Crippen LogP) is 2.48. The summed E-state index contributed by atoms with van der Waals surface area (Å²) in [6, 6.07) is 9.20. The first-order valence-corrected chi connectivity index (χ1v) is 6.32. The first-order valence-electron chi connectivity index (χ1n) is 6.32. The Hall–Kier alpha value is -1.02. The second-order valence-corrected chi connectivity index (χ2v) is 4.92. The average molecular weight is 217 g/mol. The predicted molar refractivity (Wildman–Crippen MR) is 64.9 cm³/mol. The lowest BCUT2D eigenvalue weighted by Gasteiger charge is -2.39. The molecule has 0 radical (unpaired) electrons. The molecular formula is C14H19NO. The normalized spacial score (nSPS) is 32.4. The van der Waals surface area contributed by atoms with Gasteiger partial charge in [0.25, 0.3) is 0 Å². The molecule has 2 aliphatic heterocycles. The third-order valence-electron chi connectivity index (χ3n) is 4.27. The van der Waals surface area contributed by atoms with Gasteiger partial charge in [-0.15, -0.1) is 0 Å². The molecule has 1 saturated heterocycles. The molecule has 2 heterocycles. The molecule has 0 saturated carbocycles. The first kappa shape index (κ1) is 10.2. The summed E-state index contributed by atoms with van der Waals surface area (Å²) >= 11 is 0. The van der Waals surface area contributed by atoms with Crippen LogP contribution in [0.4, 0.5) is 0 Å². The lowest BCUT2D eigenvalue weighted by Crippen LogP contribution is -2.43. The van der Waals surface area contributed by atoms with Crippen LogP contribution in [0.5, 0.6) is 5.75 Å². The van der Waals surface area contributed by atoms with E-state index in [9.17, 15) is 0 Å². The molecule has 2 heteroatoms. The average Bonchev–Trinajstić information content (AvgIpc) is 2.73. The highest BCUT2D eigenvalue weighted by Crippen LogP contribution is 2.46. The highest BCUT2D eigenvalue weighted by atomic mass is 16.5. The Bertz CT molecular complexity index is 390. The van der Waals surface area contributed by atoms with Crippen LogP contribution in [0.25, 0.3) is 0 Å². The van der Waals surface area contributed by atoms with Gasteiger partial charge in [-0.2, -0.15) is 0 Å². The minimum absolute atomic E-state index is 0.337. The summed E-state index contributed by atoms with van der Waals surface area (Å²) in [7, 11) is 0. The Kier molecular flexibility index (Phi) is 2.40. The van der Waals surface area contributed by atoms with E-state index in [-0.39, 0.29) is 0 Å². The molecule has 2 aliphatic rings. The fourth-order valence-corrected chi connectivity index (χ4v) is 3.48. The molecule has 86 valence electrons. The van der Waals surface area contributed by atoms with Crippen LogP contribution in [0.15, 0.2) is 24.3 Å². The van der Waals surface area contributed by atoms with Crippen LogP contribution < -0.4 is 10.1 Å². The summed E-state index contributed by atoms with van der Waals surface area (Å²) in [6.45, 7) is 4.30. The maximum absolute atomic E-state index is 5.78. The largest absolute Gasteiger partial charge is 0.493 e. The third kappa shape index (κ3) is 1.29. The standard InChI is InChI=1S/C14H19NO/c1-2-13-14(7-9-15-13)8-10-16-12-6-4-3-5-11(12)14/h3-6,13,15H,2,7-10H2,1H3. The molecule has 1 aromatic rings. The summed E-state index contributed by atoms with van der Waals surface area (Å²) in [5.74, 6) is 1.11. The maximum Gasteiger partial charge on any atom is 0.123 e. The second kappa shape index (κ2) is 3.77. The van der Waals surface area contributed by atoms with Gasteiger partial charge in [-0.3, -0.25) is 0 Å². The lowest BCUT2D eigenvalue weighted by atomic mass is 9.70. The quantitative estimate of drug-likeness (QED) is 0.780. The van der Waals surface area contributed by atoms with Gasteiger partial charge < -0.3 is 10.1 Å². The van der Waals surface area contributed by atoms with Crippen molar-refractivity contribution in [1.29, 1.82) is 0 Å². The monoisotopic (exact) mass is 217 g/mol. The fourth-order valence-electron chi connectivity index (χ4n) is 3.48. The Morgan fingerprint density at radius 2 is 2.25 bits per heavy atom. The van der Waals surface area contributed by atoms with Crippen molar-refractivity contribution in [3.63, 3.8) is 0 Å². The Morgan fingerprint density at radius 3 is 3.12 bits per heavy atom. The number of para-hydroxylation sites is 1. The van der Waals surface area contributed by atoms with Gasteiger partial charge in [-0.25, -0.2) is 0 Å². The molecule has 0 aliphatic carbocycles. The van der Waals surface area contributed by atoms with Crippen molar-refractivity contribution in [2.24, 2.45) is 0 Å². The topological polar surface area (TPSA) is 21.3 Å². The first-order chi connectivity index (χ1) is 7.87. The Labute approximate surface area is 97.0 Å². The van der Waals surface area contributed by atoms with Gasteiger partial charge in [0.05, 0.1) is 6.61 Å². The van der Waals surface area contributed by atoms with Crippen molar-refractivity contribution in [3.05, 3.63) is 29.8 Å². The van der Waals surface area contributed by atoms with Crippen molar-refractivity contribution in [1.82, 2.24) is 5.32 Å². The van der Waals surface area contributed by atoms with E-state index in [4.69, 9.17) is 4.74 Å². The van der Waals surface area contributed by atoms with E-state index in [1.54, 1.807) is 0 Å². The molecule has 1 fully saturated rings. The van der Waals surface area contributed by atoms with E-state index >= 15 is 0 Å². The van der Waals surface area contributed by atoms with Crippen molar-refractivity contribution in [3.8, 4) is 5.75 Å². The van der Waals surface area contributed by atoms with Gasteiger partial charge in [0.1, 0.15) is 5.75 Å². The molecule has 0 aromatic heterocycles. The van der Waals surface area contributed by atoms with Crippen molar-refractivity contribution in [2.75, 3.05) is 13.2 Å². The lowest BCUT2D eigenvalue weighted by molar-refractivity contribution is 0.197. The van der Waals surface area contributed by atoms with Crippen LogP contribution in [-0.4, -0.2) is 19.2 Å². The molecule has 2 nitrogen and oxygen atoms in total. The van der Waals surface area contributed by atoms with Crippen molar-refractivity contribution >= 4 is 0 Å². The summed E-state index contributed by atoms with van der Waals surface area (Å²) in [6.07, 6.45) is 3.62. The number of benzene rings is 1. The van der Waals surface area contributed by atoms with Gasteiger partial charge in [0, 0.05) is 17.0 Å². The second-order valence-electron chi connectivity index (χ2n) is 4.92. The Morgan fingerprint density at radius 1 is 1.38 bits per heavy atom. The molecule has 0 bridgehead atoms. The minimum atomic E-state index is 0.337. The van der Waals surface area contributed by atoms with E-state index in [1.165, 1.54) is 18.4 Å². The smallest absolute Gasteiger partial charge is 0.123 e. The zero-order chi connectivity index (χ0) is 11.0. The van der Waals surface area contributed by atoms with Gasteiger partial charge in [0.2, 0.25) is 0 Å². The van der Waals surface area contributed by atoms with E-state index in [0.717, 1.165) is 25.3 Å². The minimum Gasteiger partial charge on any atom is -0.493 e. The van der Waals surface area contributed by atoms with Gasteiger partial charge in [0.15, 0.2) is 0 Å². The van der Waals surface area contributed by atoms with Crippen LogP contribution in [0, 0.1) is 0 Å². The molecule has 1 N–H and O–H groups in total. The molecule has 16 heavy (non-hydrogen) atoms. The van der Waals surface area contributed by atoms with E-state index in [2.05, 4.69) is 36.5 Å². The molecule has 1 spiro atoms. The zero-order valence-corrected chi connectivity index (χ0v) is 9.83. The number of fused-ring (bicyclic) bond motifs is 2. The third-order valence-corrected chi connectivity index (χ3v) is 4.27. The van der Waals surface area contributed by atoms with Gasteiger partial charge in [-0.05, 0) is 31.9 Å². The van der Waals surface area contributed by atoms with Crippen LogP contribution in [0.2, 0.25) is 0 Å². The summed E-state index contributed by atoms with van der Waals surface area (Å²) in [5, 5.41) is 3.65. The molecular weight excluding hydrogens is 198 g/mol. The van der Waals surface area contributed by atoms with Crippen LogP contribution in [0.3, 0.4) is 0 Å². The number of rotatable bonds is 1. The molecule has 1 aromatic carbocycles. The fraction of sp³-hybridized carbons (Fsp3) is 0.571. The van der Waals surface area contributed by atoms with Crippen molar-refractivity contribution < 1.29 is 4.74 Å². The number of ether oxygens (including phenoxy) is 1. The summed E-state index contributed by atoms with van der Waals surface area (Å²) in [5.41, 5.74) is 1.77. The van der Waals surface area contributed by atoms with Crippen molar-refractivity contribution in [2.45, 2.75) is 37.6 Å². The summed E-state index contributed by atoms with van der Waals surface area (Å²) in [4.78, 5) is 0. The number of hydrogen-bond acceptors (Lipinski definition) is 2. The van der Waals surface area contributed by atoms with Gasteiger partial charge in [-0.1, -0.05) is 25.1 Å². The van der Waals surface area contributed by atoms with Crippen LogP contribution in [0.1, 0.15) is 31.7 Å². The number of hydrogen-bond donors (Lipinski definition) is 1. The Balaban J connectivity index is 2.09. The van der Waals surface area contributed by atoms with Crippen LogP contribution >= 0.6 is 0 Å². The van der Waals surface area contributed by atoms with Gasteiger partial charge >= 0.3 is 0 Å². The SMILES string of the molecule is CCC1NCCC12CCOc1ccccc12. The summed E-state index contributed by atoms with van der Waals surface area (Å²) < 4.78 is 5.78. The molecule has 2 atom stereocenters. The number of nitrogens with one attached hydrogen (secondary N) is 1. The maximum atomic E-state index is 5.78. The molecule has 2 unspecified atom stereocenters. The van der Waals surface area contributed by atoms with E-state index in [1.807, 2.05) is 0 Å². The van der Waals surface area contributed by atoms with Crippen LogP contribution in [-0.2, 0) is 5.41 Å². The highest BCUT2D eigenvalue weighted by molar-refractivity contribution is 5.43. The van der Waals surface area contributed by atoms with E-state index < -0.39 is 0 Å². The van der Waals surface area contributed by atoms with E-state index in [0.29, 0.717) is 11.5 Å². The zero-order valence-electron chi connectivity index (χ0n) is 9.83. The molecule has 3 rings (SSSR count). The highest BCUT2D eigenvalue weighted by Gasteiger charge is 2.46. The molecule has 0 amide bonds.